The Morgan fingerprint density at radius 1 is 0.790 bits per heavy atom. The van der Waals surface area contributed by atoms with Crippen molar-refractivity contribution in [1.29, 1.82) is 0 Å². The van der Waals surface area contributed by atoms with Gasteiger partial charge >= 0.3 is 24.5 Å². The molecule has 0 spiro atoms. The molecule has 3 saturated heterocycles. The summed E-state index contributed by atoms with van der Waals surface area (Å²) in [6.07, 6.45) is -14.7. The molecule has 2 aromatic carbocycles. The van der Waals surface area contributed by atoms with Gasteiger partial charge in [-0.25, -0.2) is 37.1 Å². The number of amides is 4. The summed E-state index contributed by atoms with van der Waals surface area (Å²) in [6, 6.07) is 7.32. The van der Waals surface area contributed by atoms with Crippen molar-refractivity contribution in [3.8, 4) is 22.4 Å². The van der Waals surface area contributed by atoms with E-state index in [0.717, 1.165) is 68.7 Å². The molecular formula is C53H62F10N10O8. The average molecular weight is 1160 g/mol. The van der Waals surface area contributed by atoms with Crippen LogP contribution in [0.2, 0.25) is 0 Å². The zero-order valence-electron chi connectivity index (χ0n) is 44.6. The molecule has 5 N–H and O–H groups in total. The SMILES string of the molecule is COC(=O)N[C@H](C(=O)N[C@@H](Cc1ccc(-c2ccc(N3C[C@H]4C[C@@H]3CN4C3COC3)nc2)cc1)[C@@H](O)CN(Cc1c(F)cc(-c2ccn(CC(F)F)n2)cc1F)NC(=O)[C@@H](NC(=O)OC1CC1)C(C)(C)C(F)(F)F)C(C)(C)C(F)(F)F. The number of aromatic nitrogens is 3. The Labute approximate surface area is 458 Å². The van der Waals surface area contributed by atoms with Gasteiger partial charge in [0.25, 0.3) is 12.3 Å². The Morgan fingerprint density at radius 3 is 1.94 bits per heavy atom. The van der Waals surface area contributed by atoms with E-state index in [2.05, 4.69) is 30.4 Å². The third-order valence-electron chi connectivity index (χ3n) is 15.3. The maximum Gasteiger partial charge on any atom is 0.408 e. The first-order valence-electron chi connectivity index (χ1n) is 26.0. The number of nitrogens with zero attached hydrogens (tertiary/aromatic N) is 6. The van der Waals surface area contributed by atoms with Crippen LogP contribution in [0.3, 0.4) is 0 Å². The quantitative estimate of drug-likeness (QED) is 0.0402. The number of ether oxygens (including phenoxy) is 3. The van der Waals surface area contributed by atoms with Crippen molar-refractivity contribution in [1.82, 2.24) is 46.0 Å². The molecular weight excluding hydrogens is 1090 g/mol. The summed E-state index contributed by atoms with van der Waals surface area (Å²) in [5.41, 5.74) is -3.63. The van der Waals surface area contributed by atoms with Crippen LogP contribution in [0.25, 0.3) is 22.4 Å². The molecule has 442 valence electrons. The van der Waals surface area contributed by atoms with Crippen molar-refractivity contribution < 1.29 is 82.4 Å². The van der Waals surface area contributed by atoms with Crippen molar-refractivity contribution in [3.63, 3.8) is 0 Å². The molecule has 0 unspecified atom stereocenters. The largest absolute Gasteiger partial charge is 0.453 e. The molecule has 1 saturated carbocycles. The van der Waals surface area contributed by atoms with Crippen molar-refractivity contribution in [2.45, 2.75) is 134 Å². The number of fused-ring (bicyclic) bond motifs is 2. The number of carbonyl (C=O) groups is 4. The minimum Gasteiger partial charge on any atom is -0.453 e. The molecule has 2 bridgehead atoms. The highest BCUT2D eigenvalue weighted by molar-refractivity contribution is 5.87. The van der Waals surface area contributed by atoms with Crippen LogP contribution in [-0.4, -0.2) is 161 Å². The van der Waals surface area contributed by atoms with Gasteiger partial charge < -0.3 is 40.2 Å². The molecule has 4 aromatic rings. The third-order valence-corrected chi connectivity index (χ3v) is 15.3. The fraction of sp³-hybridized carbons (Fsp3) is 0.547. The number of piperazine rings is 1. The lowest BCUT2D eigenvalue weighted by Crippen LogP contribution is -2.63. The predicted molar refractivity (Wildman–Crippen MR) is 270 cm³/mol. The number of nitrogens with one attached hydrogen (secondary N) is 4. The van der Waals surface area contributed by atoms with E-state index in [4.69, 9.17) is 14.5 Å². The number of hydrogen-bond acceptors (Lipinski definition) is 13. The molecule has 8 rings (SSSR count). The van der Waals surface area contributed by atoms with Crippen molar-refractivity contribution in [3.05, 3.63) is 89.8 Å². The van der Waals surface area contributed by atoms with E-state index in [0.29, 0.717) is 80.4 Å². The molecule has 18 nitrogen and oxygen atoms in total. The van der Waals surface area contributed by atoms with E-state index in [1.54, 1.807) is 30.5 Å². The van der Waals surface area contributed by atoms with Crippen LogP contribution in [0, 0.1) is 22.5 Å². The number of alkyl carbamates (subject to hydrolysis) is 2. The van der Waals surface area contributed by atoms with Crippen LogP contribution in [0.15, 0.2) is 67.0 Å². The van der Waals surface area contributed by atoms with E-state index < -0.39 is 127 Å². The van der Waals surface area contributed by atoms with Crippen LogP contribution in [0.4, 0.5) is 59.3 Å². The van der Waals surface area contributed by atoms with Crippen LogP contribution < -0.4 is 26.3 Å². The minimum absolute atomic E-state index is 0.145. The topological polar surface area (TPSA) is 205 Å². The number of hydrazine groups is 1. The number of hydrogen-bond donors (Lipinski definition) is 5. The maximum absolute atomic E-state index is 16.2. The van der Waals surface area contributed by atoms with Gasteiger partial charge in [-0.3, -0.25) is 24.6 Å². The molecule has 81 heavy (non-hydrogen) atoms. The molecule has 4 aliphatic rings. The first kappa shape index (κ1) is 60.3. The average Bonchev–Trinajstić information content (AvgIpc) is 3.73. The number of likely N-dealkylation sites (tertiary alicyclic amines) is 1. The zero-order valence-corrected chi connectivity index (χ0v) is 44.6. The van der Waals surface area contributed by atoms with Crippen LogP contribution in [0.1, 0.15) is 58.1 Å². The summed E-state index contributed by atoms with van der Waals surface area (Å²) < 4.78 is 162. The van der Waals surface area contributed by atoms with Gasteiger partial charge in [-0.1, -0.05) is 24.3 Å². The number of pyridine rings is 1. The summed E-state index contributed by atoms with van der Waals surface area (Å²) >= 11 is 0. The maximum atomic E-state index is 16.2. The Morgan fingerprint density at radius 2 is 1.41 bits per heavy atom. The second-order valence-electron chi connectivity index (χ2n) is 21.9. The predicted octanol–water partition coefficient (Wildman–Crippen LogP) is 6.90. The number of rotatable bonds is 22. The van der Waals surface area contributed by atoms with Gasteiger partial charge in [0.05, 0.1) is 55.0 Å². The molecule has 4 amide bonds. The number of carbonyl (C=O) groups excluding carboxylic acids is 4. The van der Waals surface area contributed by atoms with E-state index in [9.17, 15) is 59.4 Å². The lowest BCUT2D eigenvalue weighted by molar-refractivity contribution is -0.221. The van der Waals surface area contributed by atoms with Crippen LogP contribution in [-0.2, 0) is 43.3 Å². The lowest BCUT2D eigenvalue weighted by Gasteiger charge is -2.42. The minimum atomic E-state index is -5.21. The number of aliphatic hydroxyl groups is 1. The van der Waals surface area contributed by atoms with E-state index >= 15 is 8.78 Å². The zero-order chi connectivity index (χ0) is 58.9. The summed E-state index contributed by atoms with van der Waals surface area (Å²) in [6.45, 7) is 2.51. The number of anilines is 1. The first-order chi connectivity index (χ1) is 38.0. The number of benzene rings is 2. The van der Waals surface area contributed by atoms with Crippen molar-refractivity contribution in [2.24, 2.45) is 10.8 Å². The van der Waals surface area contributed by atoms with E-state index in [-0.39, 0.29) is 11.3 Å². The molecule has 4 fully saturated rings. The van der Waals surface area contributed by atoms with Gasteiger partial charge in [-0.2, -0.15) is 31.4 Å². The van der Waals surface area contributed by atoms with Gasteiger partial charge in [-0.15, -0.1) is 0 Å². The summed E-state index contributed by atoms with van der Waals surface area (Å²) in [5, 5.41) is 22.8. The van der Waals surface area contributed by atoms with Crippen molar-refractivity contribution >= 4 is 29.8 Å². The molecule has 28 heteroatoms. The second kappa shape index (κ2) is 24.0. The normalized spacial score (nSPS) is 19.5. The third kappa shape index (κ3) is 13.9. The number of alkyl halides is 8. The molecule has 3 aliphatic heterocycles. The van der Waals surface area contributed by atoms with Crippen LogP contribution >= 0.6 is 0 Å². The van der Waals surface area contributed by atoms with Gasteiger partial charge in [0.15, 0.2) is 0 Å². The molecule has 1 aliphatic carbocycles. The molecule has 5 heterocycles. The number of halogens is 10. The van der Waals surface area contributed by atoms with E-state index in [1.165, 1.54) is 6.07 Å². The summed E-state index contributed by atoms with van der Waals surface area (Å²) in [5.74, 6) is -5.10. The standard InChI is InChI=1S/C53H62F10N10O8/c1-50(2,52(58,59)60)44(66-48(77)79-5)46(75)65-40(16-28-6-8-29(9-7-28)30-10-13-43(64-20-30)73-22-32-19-33(73)21-72(32)34-26-80-27-34)41(74)24-71(69-47(76)45(51(3,4)53(61,62)63)67-49(78)81-35-11-12-35)23-36-37(54)17-31(18-38(36)55)39-14-15-70(68-39)25-42(56)57/h6-10,13-15,17-18,20,32-35,40-42,44-45,74H,11-12,16,19,21-27H2,1-5H3,(H,65,75)(H,66,77)(H,67,78)(H,69,76)/t32-,33-,40+,41+,44-,45-/m1/s1. The highest BCUT2D eigenvalue weighted by Gasteiger charge is 2.57. The van der Waals surface area contributed by atoms with Crippen molar-refractivity contribution in [2.75, 3.05) is 44.9 Å². The molecule has 0 radical (unpaired) electrons. The Bertz CT molecular complexity index is 2860. The summed E-state index contributed by atoms with van der Waals surface area (Å²) in [7, 11) is 0.834. The highest BCUT2D eigenvalue weighted by atomic mass is 19.4. The van der Waals surface area contributed by atoms with Crippen LogP contribution in [0.5, 0.6) is 0 Å². The fourth-order valence-electron chi connectivity index (χ4n) is 9.92. The Hall–Kier alpha value is -6.78. The number of methoxy groups -OCH3 is 1. The van der Waals surface area contributed by atoms with Gasteiger partial charge in [0, 0.05) is 67.3 Å². The Balaban J connectivity index is 1.10. The van der Waals surface area contributed by atoms with Gasteiger partial charge in [-0.05, 0) is 94.8 Å². The summed E-state index contributed by atoms with van der Waals surface area (Å²) in [4.78, 5) is 63.2. The second-order valence-corrected chi connectivity index (χ2v) is 21.9. The fourth-order valence-corrected chi connectivity index (χ4v) is 9.92. The van der Waals surface area contributed by atoms with E-state index in [1.807, 2.05) is 22.8 Å². The molecule has 6 atom stereocenters. The van der Waals surface area contributed by atoms with Gasteiger partial charge in [0.2, 0.25) is 5.91 Å². The highest BCUT2D eigenvalue weighted by Crippen LogP contribution is 2.43. The van der Waals surface area contributed by atoms with Gasteiger partial charge in [0.1, 0.15) is 42.2 Å². The Kier molecular flexibility index (Phi) is 17.9. The monoisotopic (exact) mass is 1160 g/mol. The smallest absolute Gasteiger partial charge is 0.408 e. The lowest BCUT2D eigenvalue weighted by atomic mass is 9.82. The number of aliphatic hydroxyl groups excluding tert-OH is 1. The first-order valence-corrected chi connectivity index (χ1v) is 26.0. The molecule has 2 aromatic heterocycles.